The third kappa shape index (κ3) is 3.20. The second-order valence-electron chi connectivity index (χ2n) is 3.95. The van der Waals surface area contributed by atoms with Gasteiger partial charge in [-0.15, -0.1) is 0 Å². The van der Waals surface area contributed by atoms with E-state index in [1.165, 1.54) is 13.8 Å². The SMILES string of the molecule is CC(C)(OCc1c(F)cc(F)cc1F)C(=O)O. The summed E-state index contributed by atoms with van der Waals surface area (Å²) in [4.78, 5) is 10.7. The van der Waals surface area contributed by atoms with Gasteiger partial charge in [0.25, 0.3) is 0 Å². The Kier molecular flexibility index (Phi) is 3.77. The molecule has 0 aliphatic carbocycles. The molecule has 0 fully saturated rings. The zero-order valence-corrected chi connectivity index (χ0v) is 9.26. The fourth-order valence-corrected chi connectivity index (χ4v) is 1.02. The Bertz CT molecular complexity index is 421. The van der Waals surface area contributed by atoms with Crippen LogP contribution in [0.2, 0.25) is 0 Å². The highest BCUT2D eigenvalue weighted by molar-refractivity contribution is 5.76. The molecule has 1 rings (SSSR count). The first kappa shape index (κ1) is 13.5. The van der Waals surface area contributed by atoms with E-state index in [9.17, 15) is 18.0 Å². The van der Waals surface area contributed by atoms with Crippen molar-refractivity contribution in [1.29, 1.82) is 0 Å². The van der Waals surface area contributed by atoms with Gasteiger partial charge in [0.05, 0.1) is 6.61 Å². The van der Waals surface area contributed by atoms with E-state index in [4.69, 9.17) is 9.84 Å². The van der Waals surface area contributed by atoms with Gasteiger partial charge >= 0.3 is 5.97 Å². The van der Waals surface area contributed by atoms with Crippen LogP contribution >= 0.6 is 0 Å². The van der Waals surface area contributed by atoms with Gasteiger partial charge in [0.15, 0.2) is 5.60 Å². The minimum Gasteiger partial charge on any atom is -0.479 e. The number of halogens is 3. The van der Waals surface area contributed by atoms with Crippen molar-refractivity contribution in [3.63, 3.8) is 0 Å². The fraction of sp³-hybridized carbons (Fsp3) is 0.364. The monoisotopic (exact) mass is 248 g/mol. The standard InChI is InChI=1S/C11H11F3O3/c1-11(2,10(15)16)17-5-7-8(13)3-6(12)4-9(7)14/h3-4H,5H2,1-2H3,(H,15,16). The number of carboxylic acid groups (broad SMARTS) is 1. The molecule has 0 saturated carbocycles. The van der Waals surface area contributed by atoms with E-state index in [-0.39, 0.29) is 0 Å². The van der Waals surface area contributed by atoms with Crippen LogP contribution in [0.5, 0.6) is 0 Å². The molecule has 17 heavy (non-hydrogen) atoms. The van der Waals surface area contributed by atoms with Crippen molar-refractivity contribution in [2.24, 2.45) is 0 Å². The van der Waals surface area contributed by atoms with Crippen LogP contribution in [0.25, 0.3) is 0 Å². The maximum Gasteiger partial charge on any atom is 0.335 e. The van der Waals surface area contributed by atoms with E-state index in [1.54, 1.807) is 0 Å². The van der Waals surface area contributed by atoms with E-state index < -0.39 is 41.2 Å². The molecule has 3 nitrogen and oxygen atoms in total. The summed E-state index contributed by atoms with van der Waals surface area (Å²) in [5, 5.41) is 8.73. The summed E-state index contributed by atoms with van der Waals surface area (Å²) in [5.74, 6) is -4.52. The number of carbonyl (C=O) groups is 1. The van der Waals surface area contributed by atoms with E-state index in [2.05, 4.69) is 0 Å². The minimum absolute atomic E-state index is 0.499. The summed E-state index contributed by atoms with van der Waals surface area (Å²) in [5.41, 5.74) is -2.08. The zero-order valence-electron chi connectivity index (χ0n) is 9.26. The molecule has 1 aromatic carbocycles. The molecule has 0 spiro atoms. The van der Waals surface area contributed by atoms with Crippen molar-refractivity contribution in [1.82, 2.24) is 0 Å². The molecule has 0 unspecified atom stereocenters. The number of hydrogen-bond donors (Lipinski definition) is 1. The predicted molar refractivity (Wildman–Crippen MR) is 52.8 cm³/mol. The molecule has 6 heteroatoms. The van der Waals surface area contributed by atoms with Gasteiger partial charge in [-0.3, -0.25) is 0 Å². The van der Waals surface area contributed by atoms with Gasteiger partial charge in [0, 0.05) is 17.7 Å². The Morgan fingerprint density at radius 3 is 2.18 bits per heavy atom. The number of rotatable bonds is 4. The molecule has 0 bridgehead atoms. The molecule has 0 saturated heterocycles. The molecule has 0 radical (unpaired) electrons. The van der Waals surface area contributed by atoms with Crippen molar-refractivity contribution >= 4 is 5.97 Å². The highest BCUT2D eigenvalue weighted by atomic mass is 19.1. The first-order valence-electron chi connectivity index (χ1n) is 4.75. The van der Waals surface area contributed by atoms with E-state index in [1.807, 2.05) is 0 Å². The molecular weight excluding hydrogens is 237 g/mol. The van der Waals surface area contributed by atoms with Crippen LogP contribution in [0.3, 0.4) is 0 Å². The van der Waals surface area contributed by atoms with Crippen molar-refractivity contribution in [3.05, 3.63) is 35.1 Å². The molecule has 0 heterocycles. The average Bonchev–Trinajstić information content (AvgIpc) is 2.15. The number of carboxylic acids is 1. The second kappa shape index (κ2) is 4.75. The Morgan fingerprint density at radius 1 is 1.29 bits per heavy atom. The summed E-state index contributed by atoms with van der Waals surface area (Å²) in [7, 11) is 0. The van der Waals surface area contributed by atoms with E-state index in [0.717, 1.165) is 0 Å². The lowest BCUT2D eigenvalue weighted by atomic mass is 10.1. The van der Waals surface area contributed by atoms with Gasteiger partial charge in [0.1, 0.15) is 17.5 Å². The van der Waals surface area contributed by atoms with Crippen molar-refractivity contribution in [2.45, 2.75) is 26.1 Å². The number of ether oxygens (including phenoxy) is 1. The summed E-state index contributed by atoms with van der Waals surface area (Å²) < 4.78 is 43.8. The van der Waals surface area contributed by atoms with Gasteiger partial charge < -0.3 is 9.84 Å². The van der Waals surface area contributed by atoms with Crippen molar-refractivity contribution in [2.75, 3.05) is 0 Å². The van der Waals surface area contributed by atoms with E-state index in [0.29, 0.717) is 12.1 Å². The van der Waals surface area contributed by atoms with Crippen LogP contribution in [-0.2, 0) is 16.1 Å². The van der Waals surface area contributed by atoms with Crippen LogP contribution in [-0.4, -0.2) is 16.7 Å². The summed E-state index contributed by atoms with van der Waals surface area (Å²) in [6.07, 6.45) is 0. The van der Waals surface area contributed by atoms with Gasteiger partial charge in [-0.2, -0.15) is 0 Å². The fourth-order valence-electron chi connectivity index (χ4n) is 1.02. The lowest BCUT2D eigenvalue weighted by molar-refractivity contribution is -0.162. The summed E-state index contributed by atoms with van der Waals surface area (Å²) in [6.45, 7) is 1.90. The number of hydrogen-bond acceptors (Lipinski definition) is 2. The number of benzene rings is 1. The molecule has 0 atom stereocenters. The van der Waals surface area contributed by atoms with Crippen LogP contribution in [0.15, 0.2) is 12.1 Å². The smallest absolute Gasteiger partial charge is 0.335 e. The molecule has 0 aliphatic rings. The quantitative estimate of drug-likeness (QED) is 0.890. The first-order valence-corrected chi connectivity index (χ1v) is 4.75. The topological polar surface area (TPSA) is 46.5 Å². The largest absolute Gasteiger partial charge is 0.479 e. The molecule has 0 amide bonds. The molecule has 0 aliphatic heterocycles. The summed E-state index contributed by atoms with van der Waals surface area (Å²) in [6, 6.07) is 1.02. The maximum atomic E-state index is 13.2. The zero-order chi connectivity index (χ0) is 13.2. The van der Waals surface area contributed by atoms with Crippen molar-refractivity contribution < 1.29 is 27.8 Å². The Morgan fingerprint density at radius 2 is 1.76 bits per heavy atom. The molecule has 0 aromatic heterocycles. The van der Waals surface area contributed by atoms with Gasteiger partial charge in [0.2, 0.25) is 0 Å². The third-order valence-electron chi connectivity index (χ3n) is 2.20. The molecule has 1 N–H and O–H groups in total. The minimum atomic E-state index is -1.58. The highest BCUT2D eigenvalue weighted by Gasteiger charge is 2.28. The van der Waals surface area contributed by atoms with Gasteiger partial charge in [-0.05, 0) is 13.8 Å². The van der Waals surface area contributed by atoms with Crippen LogP contribution in [0, 0.1) is 17.5 Å². The Labute approximate surface area is 95.8 Å². The Balaban J connectivity index is 2.87. The highest BCUT2D eigenvalue weighted by Crippen LogP contribution is 2.19. The predicted octanol–water partition coefficient (Wildman–Crippen LogP) is 2.48. The van der Waals surface area contributed by atoms with E-state index >= 15 is 0 Å². The third-order valence-corrected chi connectivity index (χ3v) is 2.20. The van der Waals surface area contributed by atoms with Crippen LogP contribution in [0.4, 0.5) is 13.2 Å². The maximum absolute atomic E-state index is 13.2. The molecular formula is C11H11F3O3. The van der Waals surface area contributed by atoms with Gasteiger partial charge in [-0.1, -0.05) is 0 Å². The normalized spacial score (nSPS) is 11.6. The van der Waals surface area contributed by atoms with Crippen LogP contribution in [0.1, 0.15) is 19.4 Å². The lowest BCUT2D eigenvalue weighted by Crippen LogP contribution is -2.34. The first-order chi connectivity index (χ1) is 7.74. The second-order valence-corrected chi connectivity index (χ2v) is 3.95. The number of aliphatic carboxylic acids is 1. The summed E-state index contributed by atoms with van der Waals surface area (Å²) >= 11 is 0. The average molecular weight is 248 g/mol. The molecule has 94 valence electrons. The Hall–Kier alpha value is -1.56. The van der Waals surface area contributed by atoms with Gasteiger partial charge in [-0.25, -0.2) is 18.0 Å². The van der Waals surface area contributed by atoms with Crippen molar-refractivity contribution in [3.8, 4) is 0 Å². The van der Waals surface area contributed by atoms with Crippen LogP contribution < -0.4 is 0 Å². The molecule has 1 aromatic rings. The lowest BCUT2D eigenvalue weighted by Gasteiger charge is -2.20.